The van der Waals surface area contributed by atoms with Gasteiger partial charge in [-0.25, -0.2) is 0 Å². The first-order valence-electron chi connectivity index (χ1n) is 12.3. The number of carbonyl (C=O) groups is 2. The van der Waals surface area contributed by atoms with Gasteiger partial charge < -0.3 is 10.2 Å². The zero-order valence-electron chi connectivity index (χ0n) is 21.6. The Kier molecular flexibility index (Phi) is 9.70. The standard InChI is InChI=1S/C29H42N2O2/c1-8-22(4)30-28(33)26(9-2)31(20-24-12-10-21(3)11-13-24)27(32)19-16-23-14-17-25(18-15-23)29(5,6)7/h10-15,17-18,22,26H,8-9,16,19-20H2,1-7H3,(H,30,33)/t22-,26+/m1/s1. The Balaban J connectivity index is 2.19. The van der Waals surface area contributed by atoms with Crippen molar-refractivity contribution in [2.75, 3.05) is 0 Å². The Morgan fingerprint density at radius 3 is 2.00 bits per heavy atom. The van der Waals surface area contributed by atoms with Crippen molar-refractivity contribution < 1.29 is 9.59 Å². The number of benzene rings is 2. The van der Waals surface area contributed by atoms with E-state index in [1.54, 1.807) is 4.90 Å². The van der Waals surface area contributed by atoms with Gasteiger partial charge in [0.1, 0.15) is 6.04 Å². The Hall–Kier alpha value is -2.62. The second-order valence-electron chi connectivity index (χ2n) is 10.2. The van der Waals surface area contributed by atoms with Crippen LogP contribution >= 0.6 is 0 Å². The molecular weight excluding hydrogens is 408 g/mol. The van der Waals surface area contributed by atoms with Crippen LogP contribution in [0.4, 0.5) is 0 Å². The lowest BCUT2D eigenvalue weighted by molar-refractivity contribution is -0.141. The minimum absolute atomic E-state index is 0.0154. The van der Waals surface area contributed by atoms with Gasteiger partial charge in [0.2, 0.25) is 11.8 Å². The molecule has 0 bridgehead atoms. The van der Waals surface area contributed by atoms with Gasteiger partial charge in [-0.1, -0.05) is 88.7 Å². The second-order valence-corrected chi connectivity index (χ2v) is 10.2. The van der Waals surface area contributed by atoms with Crippen LogP contribution in [0.2, 0.25) is 0 Å². The number of carbonyl (C=O) groups excluding carboxylic acids is 2. The van der Waals surface area contributed by atoms with Crippen molar-refractivity contribution in [3.8, 4) is 0 Å². The number of nitrogens with zero attached hydrogens (tertiary/aromatic N) is 1. The van der Waals surface area contributed by atoms with Crippen molar-refractivity contribution in [1.29, 1.82) is 0 Å². The number of nitrogens with one attached hydrogen (secondary N) is 1. The molecule has 33 heavy (non-hydrogen) atoms. The van der Waals surface area contributed by atoms with E-state index in [-0.39, 0.29) is 23.3 Å². The van der Waals surface area contributed by atoms with Crippen molar-refractivity contribution >= 4 is 11.8 Å². The van der Waals surface area contributed by atoms with Gasteiger partial charge in [0.25, 0.3) is 0 Å². The smallest absolute Gasteiger partial charge is 0.243 e. The summed E-state index contributed by atoms with van der Waals surface area (Å²) in [7, 11) is 0. The fraction of sp³-hybridized carbons (Fsp3) is 0.517. The molecule has 0 saturated heterocycles. The first-order valence-corrected chi connectivity index (χ1v) is 12.3. The molecular formula is C29H42N2O2. The van der Waals surface area contributed by atoms with Gasteiger partial charge in [0.15, 0.2) is 0 Å². The van der Waals surface area contributed by atoms with Crippen LogP contribution in [0.25, 0.3) is 0 Å². The highest BCUT2D eigenvalue weighted by atomic mass is 16.2. The summed E-state index contributed by atoms with van der Waals surface area (Å²) in [6.07, 6.45) is 2.49. The van der Waals surface area contributed by atoms with Crippen LogP contribution < -0.4 is 5.32 Å². The molecule has 0 radical (unpaired) electrons. The molecule has 180 valence electrons. The molecule has 0 unspecified atom stereocenters. The molecule has 4 nitrogen and oxygen atoms in total. The normalized spacial score (nSPS) is 13.3. The van der Waals surface area contributed by atoms with Crippen molar-refractivity contribution in [1.82, 2.24) is 10.2 Å². The monoisotopic (exact) mass is 450 g/mol. The summed E-state index contributed by atoms with van der Waals surface area (Å²) in [5, 5.41) is 3.07. The third-order valence-electron chi connectivity index (χ3n) is 6.31. The van der Waals surface area contributed by atoms with Gasteiger partial charge in [0.05, 0.1) is 0 Å². The fourth-order valence-corrected chi connectivity index (χ4v) is 3.82. The van der Waals surface area contributed by atoms with E-state index in [2.05, 4.69) is 62.5 Å². The summed E-state index contributed by atoms with van der Waals surface area (Å²) in [4.78, 5) is 28.2. The molecule has 0 aliphatic heterocycles. The molecule has 2 aromatic carbocycles. The summed E-state index contributed by atoms with van der Waals surface area (Å²) in [5.41, 5.74) is 4.75. The number of hydrogen-bond donors (Lipinski definition) is 1. The minimum Gasteiger partial charge on any atom is -0.352 e. The molecule has 2 rings (SSSR count). The molecule has 2 amide bonds. The average Bonchev–Trinajstić information content (AvgIpc) is 2.78. The van der Waals surface area contributed by atoms with Gasteiger partial charge >= 0.3 is 0 Å². The second kappa shape index (κ2) is 12.0. The maximum Gasteiger partial charge on any atom is 0.243 e. The van der Waals surface area contributed by atoms with E-state index in [4.69, 9.17) is 0 Å². The van der Waals surface area contributed by atoms with Crippen LogP contribution in [0, 0.1) is 6.92 Å². The molecule has 0 aliphatic carbocycles. The lowest BCUT2D eigenvalue weighted by Gasteiger charge is -2.31. The van der Waals surface area contributed by atoms with Gasteiger partial charge in [-0.3, -0.25) is 9.59 Å². The lowest BCUT2D eigenvalue weighted by atomic mass is 9.86. The van der Waals surface area contributed by atoms with Crippen LogP contribution in [0.1, 0.15) is 83.1 Å². The van der Waals surface area contributed by atoms with Crippen LogP contribution in [0.3, 0.4) is 0 Å². The predicted octanol–water partition coefficient (Wildman–Crippen LogP) is 5.95. The van der Waals surface area contributed by atoms with E-state index in [1.807, 2.05) is 39.8 Å². The molecule has 0 saturated carbocycles. The van der Waals surface area contributed by atoms with E-state index >= 15 is 0 Å². The summed E-state index contributed by atoms with van der Waals surface area (Å²) >= 11 is 0. The largest absolute Gasteiger partial charge is 0.352 e. The summed E-state index contributed by atoms with van der Waals surface area (Å²) < 4.78 is 0. The highest BCUT2D eigenvalue weighted by molar-refractivity contribution is 5.87. The van der Waals surface area contributed by atoms with Crippen LogP contribution in [-0.2, 0) is 28.0 Å². The highest BCUT2D eigenvalue weighted by Gasteiger charge is 2.29. The SMILES string of the molecule is CC[C@@H](C)NC(=O)[C@H](CC)N(Cc1ccc(C)cc1)C(=O)CCc1ccc(C(C)(C)C)cc1. The van der Waals surface area contributed by atoms with E-state index in [0.29, 0.717) is 25.8 Å². The van der Waals surface area contributed by atoms with Crippen LogP contribution in [-0.4, -0.2) is 28.8 Å². The van der Waals surface area contributed by atoms with E-state index in [1.165, 1.54) is 11.1 Å². The van der Waals surface area contributed by atoms with E-state index in [0.717, 1.165) is 17.5 Å². The first kappa shape index (κ1) is 26.6. The molecule has 2 atom stereocenters. The Labute approximate surface area is 200 Å². The predicted molar refractivity (Wildman–Crippen MR) is 137 cm³/mol. The zero-order valence-corrected chi connectivity index (χ0v) is 21.6. The first-order chi connectivity index (χ1) is 15.5. The zero-order chi connectivity index (χ0) is 24.6. The number of aryl methyl sites for hydroxylation is 2. The summed E-state index contributed by atoms with van der Waals surface area (Å²) in [6, 6.07) is 16.3. The van der Waals surface area contributed by atoms with Crippen LogP contribution in [0.5, 0.6) is 0 Å². The molecule has 1 N–H and O–H groups in total. The summed E-state index contributed by atoms with van der Waals surface area (Å²) in [5.74, 6) is -0.0523. The quantitative estimate of drug-likeness (QED) is 0.486. The van der Waals surface area contributed by atoms with Gasteiger partial charge in [0, 0.05) is 19.0 Å². The Morgan fingerprint density at radius 2 is 1.48 bits per heavy atom. The maximum absolute atomic E-state index is 13.4. The number of amides is 2. The topological polar surface area (TPSA) is 49.4 Å². The molecule has 0 spiro atoms. The van der Waals surface area contributed by atoms with Crippen LogP contribution in [0.15, 0.2) is 48.5 Å². The molecule has 2 aromatic rings. The number of hydrogen-bond acceptors (Lipinski definition) is 2. The third kappa shape index (κ3) is 8.03. The Morgan fingerprint density at radius 1 is 0.909 bits per heavy atom. The average molecular weight is 451 g/mol. The Bertz CT molecular complexity index is 895. The van der Waals surface area contributed by atoms with E-state index in [9.17, 15) is 9.59 Å². The van der Waals surface area contributed by atoms with Crippen molar-refractivity contribution in [2.45, 2.75) is 98.2 Å². The summed E-state index contributed by atoms with van der Waals surface area (Å²) in [6.45, 7) is 15.1. The maximum atomic E-state index is 13.4. The lowest BCUT2D eigenvalue weighted by Crippen LogP contribution is -2.50. The highest BCUT2D eigenvalue weighted by Crippen LogP contribution is 2.23. The number of rotatable bonds is 10. The molecule has 4 heteroatoms. The van der Waals surface area contributed by atoms with Crippen molar-refractivity contribution in [2.24, 2.45) is 0 Å². The van der Waals surface area contributed by atoms with Gasteiger partial charge in [-0.15, -0.1) is 0 Å². The molecule has 0 heterocycles. The minimum atomic E-state index is -0.476. The third-order valence-corrected chi connectivity index (χ3v) is 6.31. The van der Waals surface area contributed by atoms with Gasteiger partial charge in [-0.05, 0) is 55.2 Å². The van der Waals surface area contributed by atoms with E-state index < -0.39 is 6.04 Å². The van der Waals surface area contributed by atoms with Crippen molar-refractivity contribution in [3.05, 3.63) is 70.8 Å². The molecule has 0 fully saturated rings. The van der Waals surface area contributed by atoms with Crippen molar-refractivity contribution in [3.63, 3.8) is 0 Å². The molecule has 0 aliphatic rings. The van der Waals surface area contributed by atoms with Gasteiger partial charge in [-0.2, -0.15) is 0 Å². The molecule has 0 aromatic heterocycles. The fourth-order valence-electron chi connectivity index (χ4n) is 3.82.